The zero-order valence-corrected chi connectivity index (χ0v) is 8.21. The molecule has 0 radical (unpaired) electrons. The minimum atomic E-state index is -0.437. The molecule has 0 spiro atoms. The third-order valence-corrected chi connectivity index (χ3v) is 4.97. The molecule has 0 atom stereocenters. The Morgan fingerprint density at radius 3 is 1.43 bits per heavy atom. The molecule has 0 aromatic rings. The van der Waals surface area contributed by atoms with E-state index in [4.69, 9.17) is 0 Å². The molecule has 7 heavy (non-hydrogen) atoms. The number of hydrogen-bond donors (Lipinski definition) is 0. The summed E-state index contributed by atoms with van der Waals surface area (Å²) < 4.78 is 2.26. The molecule has 0 N–H and O–H groups in total. The van der Waals surface area contributed by atoms with E-state index in [9.17, 15) is 0 Å². The van der Waals surface area contributed by atoms with Crippen LogP contribution in [0.2, 0.25) is 0 Å². The number of halogens is 1. The number of nitrogens with zero attached hydrogens (tertiary/aromatic N) is 1. The van der Waals surface area contributed by atoms with Gasteiger partial charge in [0.25, 0.3) is 0 Å². The Morgan fingerprint density at radius 2 is 1.43 bits per heavy atom. The first-order chi connectivity index (χ1) is 2.94. The molecule has 46 valence electrons. The summed E-state index contributed by atoms with van der Waals surface area (Å²) in [5.74, 6) is 0. The Balaban J connectivity index is 3.54. The summed E-state index contributed by atoms with van der Waals surface area (Å²) in [6, 6.07) is 0. The second kappa shape index (κ2) is 2.55. The first-order valence-corrected chi connectivity index (χ1v) is 7.00. The average Bonchev–Trinajstić information content (AvgIpc) is 1.31. The van der Waals surface area contributed by atoms with Crippen LogP contribution in [-0.4, -0.2) is 30.9 Å². The highest BCUT2D eigenvalue weighted by atomic mass is 127. The minimum absolute atomic E-state index is 0.437. The van der Waals surface area contributed by atoms with Gasteiger partial charge in [0.05, 0.1) is 0 Å². The predicted molar refractivity (Wildman–Crippen MR) is 47.1 cm³/mol. The molecule has 0 unspecified atom stereocenters. The molecule has 0 rings (SSSR count). The van der Waals surface area contributed by atoms with Crippen molar-refractivity contribution in [3.05, 3.63) is 0 Å². The third-order valence-electron chi connectivity index (χ3n) is 0.868. The molecule has 1 nitrogen and oxygen atoms in total. The standard InChI is InChI=1S/C4H12INS/c1-6(2)7(3,4)5/h1-4H3. The van der Waals surface area contributed by atoms with E-state index < -0.39 is 7.39 Å². The molecule has 0 saturated heterocycles. The molecule has 0 amide bonds. The van der Waals surface area contributed by atoms with Crippen molar-refractivity contribution in [2.24, 2.45) is 0 Å². The second-order valence-electron chi connectivity index (χ2n) is 1.96. The summed E-state index contributed by atoms with van der Waals surface area (Å²) >= 11 is 2.48. The van der Waals surface area contributed by atoms with Crippen LogP contribution in [0.25, 0.3) is 0 Å². The maximum Gasteiger partial charge on any atom is -0.00368 e. The zero-order valence-electron chi connectivity index (χ0n) is 5.23. The fourth-order valence-electron chi connectivity index (χ4n) is 0. The third kappa shape index (κ3) is 3.61. The van der Waals surface area contributed by atoms with Crippen molar-refractivity contribution in [1.82, 2.24) is 4.31 Å². The van der Waals surface area contributed by atoms with Gasteiger partial charge in [-0.3, -0.25) is 4.31 Å². The van der Waals surface area contributed by atoms with Crippen LogP contribution in [0.15, 0.2) is 0 Å². The number of rotatable bonds is 1. The normalized spacial score (nSPS) is 15.1. The average molecular weight is 233 g/mol. The quantitative estimate of drug-likeness (QED) is 0.625. The van der Waals surface area contributed by atoms with Crippen LogP contribution in [0.5, 0.6) is 0 Å². The van der Waals surface area contributed by atoms with Gasteiger partial charge in [0.2, 0.25) is 0 Å². The van der Waals surface area contributed by atoms with Gasteiger partial charge in [-0.25, -0.2) is 0 Å². The van der Waals surface area contributed by atoms with Gasteiger partial charge in [-0.15, -0.1) is 7.39 Å². The molecule has 3 heteroatoms. The number of hydrogen-bond acceptors (Lipinski definition) is 1. The van der Waals surface area contributed by atoms with Gasteiger partial charge >= 0.3 is 0 Å². The van der Waals surface area contributed by atoms with Crippen molar-refractivity contribution in [3.63, 3.8) is 0 Å². The van der Waals surface area contributed by atoms with Crippen LogP contribution in [0.1, 0.15) is 0 Å². The Labute approximate surface area is 59.5 Å². The lowest BCUT2D eigenvalue weighted by atomic mass is 11.3. The van der Waals surface area contributed by atoms with Crippen molar-refractivity contribution in [2.75, 3.05) is 26.6 Å². The highest BCUT2D eigenvalue weighted by Crippen LogP contribution is 2.50. The van der Waals surface area contributed by atoms with Crippen molar-refractivity contribution < 1.29 is 0 Å². The van der Waals surface area contributed by atoms with Crippen LogP contribution in [0.4, 0.5) is 0 Å². The molecule has 0 aromatic carbocycles. The lowest BCUT2D eigenvalue weighted by molar-refractivity contribution is 0.696. The van der Waals surface area contributed by atoms with Gasteiger partial charge in [0.1, 0.15) is 0 Å². The van der Waals surface area contributed by atoms with Crippen molar-refractivity contribution in [2.45, 2.75) is 0 Å². The summed E-state index contributed by atoms with van der Waals surface area (Å²) in [7, 11) is 3.79. The molecule has 0 heterocycles. The summed E-state index contributed by atoms with van der Waals surface area (Å²) in [5, 5.41) is 0. The smallest absolute Gasteiger partial charge is 0.00368 e. The van der Waals surface area contributed by atoms with E-state index in [-0.39, 0.29) is 0 Å². The molecule has 0 bridgehead atoms. The molecule has 0 aliphatic rings. The predicted octanol–water partition coefficient (Wildman–Crippen LogP) is 1.88. The molecule has 0 aliphatic heterocycles. The van der Waals surface area contributed by atoms with E-state index in [1.165, 1.54) is 0 Å². The maximum atomic E-state index is 2.48. The first-order valence-electron chi connectivity index (χ1n) is 2.05. The SMILES string of the molecule is CN(C)S(C)(C)I. The Bertz CT molecular complexity index is 57.2. The zero-order chi connectivity index (χ0) is 6.08. The summed E-state index contributed by atoms with van der Waals surface area (Å²) in [5.41, 5.74) is 0. The Hall–Kier alpha value is 1.04. The first kappa shape index (κ1) is 8.04. The van der Waals surface area contributed by atoms with Gasteiger partial charge in [-0.2, -0.15) is 0 Å². The maximum absolute atomic E-state index is 2.48. The summed E-state index contributed by atoms with van der Waals surface area (Å²) in [4.78, 5) is 0. The molecule has 0 saturated carbocycles. The Kier molecular flexibility index (Phi) is 2.93. The highest BCUT2D eigenvalue weighted by Gasteiger charge is 2.06. The molecule has 0 aromatic heterocycles. The summed E-state index contributed by atoms with van der Waals surface area (Å²) in [6.07, 6.45) is 4.51. The van der Waals surface area contributed by atoms with Gasteiger partial charge in [0, 0.05) is 0 Å². The summed E-state index contributed by atoms with van der Waals surface area (Å²) in [6.45, 7) is 0. The topological polar surface area (TPSA) is 3.24 Å². The van der Waals surface area contributed by atoms with Crippen LogP contribution in [0, 0.1) is 0 Å². The Morgan fingerprint density at radius 1 is 1.29 bits per heavy atom. The monoisotopic (exact) mass is 233 g/mol. The van der Waals surface area contributed by atoms with Gasteiger partial charge in [-0.1, -0.05) is 0 Å². The molecular formula is C4H12INS. The van der Waals surface area contributed by atoms with E-state index in [0.29, 0.717) is 0 Å². The largest absolute Gasteiger partial charge is 0.266 e. The van der Waals surface area contributed by atoms with Crippen LogP contribution < -0.4 is 0 Å². The van der Waals surface area contributed by atoms with Crippen molar-refractivity contribution >= 4 is 28.6 Å². The lowest BCUT2D eigenvalue weighted by Crippen LogP contribution is -2.10. The fraction of sp³-hybridized carbons (Fsp3) is 1.00. The van der Waals surface area contributed by atoms with E-state index in [1.807, 2.05) is 0 Å². The van der Waals surface area contributed by atoms with Gasteiger partial charge < -0.3 is 0 Å². The van der Waals surface area contributed by atoms with E-state index in [2.05, 4.69) is 52.1 Å². The second-order valence-corrected chi connectivity index (χ2v) is 11.5. The van der Waals surface area contributed by atoms with Gasteiger partial charge in [0.15, 0.2) is 0 Å². The van der Waals surface area contributed by atoms with Crippen LogP contribution in [-0.2, 0) is 0 Å². The van der Waals surface area contributed by atoms with Gasteiger partial charge in [-0.05, 0) is 47.8 Å². The molecule has 0 fully saturated rings. The van der Waals surface area contributed by atoms with Crippen LogP contribution >= 0.6 is 28.6 Å². The van der Waals surface area contributed by atoms with Crippen molar-refractivity contribution in [1.29, 1.82) is 0 Å². The van der Waals surface area contributed by atoms with E-state index >= 15 is 0 Å². The fourth-order valence-corrected chi connectivity index (χ4v) is 0. The molecule has 0 aliphatic carbocycles. The highest BCUT2D eigenvalue weighted by molar-refractivity contribution is 14.2. The van der Waals surface area contributed by atoms with E-state index in [1.54, 1.807) is 0 Å². The van der Waals surface area contributed by atoms with Crippen molar-refractivity contribution in [3.8, 4) is 0 Å². The molecular weight excluding hydrogens is 221 g/mol. The minimum Gasteiger partial charge on any atom is -0.266 e. The lowest BCUT2D eigenvalue weighted by Gasteiger charge is -2.30. The van der Waals surface area contributed by atoms with E-state index in [0.717, 1.165) is 0 Å². The van der Waals surface area contributed by atoms with Crippen LogP contribution in [0.3, 0.4) is 0 Å².